The zero-order valence-corrected chi connectivity index (χ0v) is 16.5. The summed E-state index contributed by atoms with van der Waals surface area (Å²) in [5.74, 6) is -0.651. The number of rotatable bonds is 5. The summed E-state index contributed by atoms with van der Waals surface area (Å²) in [6, 6.07) is 16.8. The number of benzene rings is 2. The van der Waals surface area contributed by atoms with Gasteiger partial charge in [0.25, 0.3) is 5.91 Å². The summed E-state index contributed by atoms with van der Waals surface area (Å²) in [5, 5.41) is 0. The molecule has 0 aliphatic carbocycles. The second kappa shape index (κ2) is 8.03. The molecule has 0 bridgehead atoms. The Labute approximate surface area is 165 Å². The van der Waals surface area contributed by atoms with Gasteiger partial charge in [0.2, 0.25) is 10.0 Å². The average Bonchev–Trinajstić information content (AvgIpc) is 2.71. The van der Waals surface area contributed by atoms with Gasteiger partial charge in [-0.1, -0.05) is 48.5 Å². The van der Waals surface area contributed by atoms with Gasteiger partial charge in [0, 0.05) is 37.7 Å². The molecule has 0 radical (unpaired) electrons. The Morgan fingerprint density at radius 1 is 0.929 bits per heavy atom. The number of ether oxygens (including phenoxy) is 1. The maximum absolute atomic E-state index is 13.0. The number of sulfonamides is 1. The minimum absolute atomic E-state index is 0.0942. The fraction of sp³-hybridized carbons (Fsp3) is 0.381. The van der Waals surface area contributed by atoms with Crippen LogP contribution >= 0.6 is 0 Å². The molecule has 1 unspecified atom stereocenters. The molecular formula is C21H24N2O4S. The molecule has 2 aromatic carbocycles. The highest BCUT2D eigenvalue weighted by Gasteiger charge is 2.37. The van der Waals surface area contributed by atoms with Gasteiger partial charge in [-0.15, -0.1) is 0 Å². The van der Waals surface area contributed by atoms with E-state index >= 15 is 0 Å². The SMILES string of the molecule is O=C1c2ccccc2CS(=O)(=O)N1CC(CN1CCOCC1)c1ccccc1. The van der Waals surface area contributed by atoms with Crippen molar-refractivity contribution < 1.29 is 17.9 Å². The van der Waals surface area contributed by atoms with E-state index in [1.807, 2.05) is 30.3 Å². The number of carbonyl (C=O) groups excluding carboxylic acids is 1. The molecule has 1 saturated heterocycles. The van der Waals surface area contributed by atoms with Gasteiger partial charge in [-0.25, -0.2) is 12.7 Å². The first-order chi connectivity index (χ1) is 13.5. The molecule has 2 aliphatic heterocycles. The van der Waals surface area contributed by atoms with Gasteiger partial charge in [0.1, 0.15) is 0 Å². The van der Waals surface area contributed by atoms with E-state index < -0.39 is 15.9 Å². The highest BCUT2D eigenvalue weighted by atomic mass is 32.2. The van der Waals surface area contributed by atoms with Crippen molar-refractivity contribution in [1.82, 2.24) is 9.21 Å². The molecule has 6 nitrogen and oxygen atoms in total. The minimum Gasteiger partial charge on any atom is -0.379 e. The Kier molecular flexibility index (Phi) is 5.48. The van der Waals surface area contributed by atoms with Crippen LogP contribution in [0, 0.1) is 0 Å². The molecule has 1 atom stereocenters. The van der Waals surface area contributed by atoms with Gasteiger partial charge >= 0.3 is 0 Å². The van der Waals surface area contributed by atoms with Crippen molar-refractivity contribution in [3.05, 3.63) is 71.3 Å². The number of fused-ring (bicyclic) bond motifs is 1. The van der Waals surface area contributed by atoms with Crippen molar-refractivity contribution in [2.45, 2.75) is 11.7 Å². The Morgan fingerprint density at radius 2 is 1.61 bits per heavy atom. The molecule has 2 aliphatic rings. The zero-order chi connectivity index (χ0) is 19.6. The van der Waals surface area contributed by atoms with Crippen LogP contribution in [0.2, 0.25) is 0 Å². The number of amides is 1. The molecule has 4 rings (SSSR count). The summed E-state index contributed by atoms with van der Waals surface area (Å²) >= 11 is 0. The first-order valence-electron chi connectivity index (χ1n) is 9.52. The molecule has 28 heavy (non-hydrogen) atoms. The van der Waals surface area contributed by atoms with E-state index in [0.717, 1.165) is 23.0 Å². The van der Waals surface area contributed by atoms with Gasteiger partial charge in [-0.2, -0.15) is 0 Å². The van der Waals surface area contributed by atoms with Crippen molar-refractivity contribution in [3.63, 3.8) is 0 Å². The quantitative estimate of drug-likeness (QED) is 0.769. The summed E-state index contributed by atoms with van der Waals surface area (Å²) in [6.07, 6.45) is 0. The number of carbonyl (C=O) groups is 1. The largest absolute Gasteiger partial charge is 0.379 e. The monoisotopic (exact) mass is 400 g/mol. The molecule has 2 heterocycles. The molecule has 2 aromatic rings. The van der Waals surface area contributed by atoms with Crippen LogP contribution in [-0.4, -0.2) is 62.9 Å². The van der Waals surface area contributed by atoms with E-state index in [4.69, 9.17) is 4.74 Å². The lowest BCUT2D eigenvalue weighted by molar-refractivity contribution is 0.0339. The Balaban J connectivity index is 1.63. The van der Waals surface area contributed by atoms with E-state index in [1.165, 1.54) is 0 Å². The summed E-state index contributed by atoms with van der Waals surface area (Å²) in [4.78, 5) is 15.3. The number of hydrogen-bond donors (Lipinski definition) is 0. The molecule has 1 fully saturated rings. The number of morpholine rings is 1. The zero-order valence-electron chi connectivity index (χ0n) is 15.7. The van der Waals surface area contributed by atoms with Crippen LogP contribution in [0.5, 0.6) is 0 Å². The smallest absolute Gasteiger partial charge is 0.267 e. The predicted molar refractivity (Wildman–Crippen MR) is 107 cm³/mol. The molecule has 0 aromatic heterocycles. The Hall–Kier alpha value is -2.22. The predicted octanol–water partition coefficient (Wildman–Crippen LogP) is 2.09. The van der Waals surface area contributed by atoms with E-state index in [9.17, 15) is 13.2 Å². The van der Waals surface area contributed by atoms with Crippen LogP contribution in [0.15, 0.2) is 54.6 Å². The van der Waals surface area contributed by atoms with Crippen LogP contribution in [0.25, 0.3) is 0 Å². The molecular weight excluding hydrogens is 376 g/mol. The van der Waals surface area contributed by atoms with E-state index in [0.29, 0.717) is 30.9 Å². The van der Waals surface area contributed by atoms with Crippen LogP contribution in [0.4, 0.5) is 0 Å². The molecule has 148 valence electrons. The topological polar surface area (TPSA) is 66.9 Å². The molecule has 1 amide bonds. The lowest BCUT2D eigenvalue weighted by Gasteiger charge is -2.35. The van der Waals surface area contributed by atoms with Crippen LogP contribution in [0.3, 0.4) is 0 Å². The highest BCUT2D eigenvalue weighted by molar-refractivity contribution is 7.89. The van der Waals surface area contributed by atoms with Gasteiger partial charge in [-0.3, -0.25) is 9.69 Å². The summed E-state index contributed by atoms with van der Waals surface area (Å²) < 4.78 is 32.3. The van der Waals surface area contributed by atoms with Gasteiger partial charge < -0.3 is 4.74 Å². The summed E-state index contributed by atoms with van der Waals surface area (Å²) in [6.45, 7) is 3.82. The lowest BCUT2D eigenvalue weighted by atomic mass is 9.97. The lowest BCUT2D eigenvalue weighted by Crippen LogP contribution is -2.46. The average molecular weight is 401 g/mol. The van der Waals surface area contributed by atoms with Crippen molar-refractivity contribution >= 4 is 15.9 Å². The van der Waals surface area contributed by atoms with Crippen molar-refractivity contribution in [1.29, 1.82) is 0 Å². The van der Waals surface area contributed by atoms with E-state index in [2.05, 4.69) is 4.90 Å². The highest BCUT2D eigenvalue weighted by Crippen LogP contribution is 2.28. The van der Waals surface area contributed by atoms with Crippen LogP contribution < -0.4 is 0 Å². The summed E-state index contributed by atoms with van der Waals surface area (Å²) in [7, 11) is -3.69. The van der Waals surface area contributed by atoms with Gasteiger partial charge in [0.15, 0.2) is 0 Å². The van der Waals surface area contributed by atoms with Crippen LogP contribution in [0.1, 0.15) is 27.4 Å². The Bertz CT molecular complexity index is 940. The second-order valence-electron chi connectivity index (χ2n) is 7.27. The molecule has 0 N–H and O–H groups in total. The third-order valence-electron chi connectivity index (χ3n) is 5.39. The third-order valence-corrected chi connectivity index (χ3v) is 7.05. The van der Waals surface area contributed by atoms with Crippen molar-refractivity contribution in [2.24, 2.45) is 0 Å². The molecule has 0 spiro atoms. The first kappa shape index (κ1) is 19.1. The van der Waals surface area contributed by atoms with E-state index in [1.54, 1.807) is 24.3 Å². The molecule has 0 saturated carbocycles. The maximum atomic E-state index is 13.0. The second-order valence-corrected chi connectivity index (χ2v) is 9.16. The standard InChI is InChI=1S/C21H24N2O4S/c24-21-20-9-5-4-8-18(20)16-28(25,26)23(21)15-19(17-6-2-1-3-7-17)14-22-10-12-27-13-11-22/h1-9,19H,10-16H2. The maximum Gasteiger partial charge on any atom is 0.267 e. The van der Waals surface area contributed by atoms with E-state index in [-0.39, 0.29) is 18.2 Å². The number of hydrogen-bond acceptors (Lipinski definition) is 5. The van der Waals surface area contributed by atoms with Gasteiger partial charge in [0.05, 0.1) is 19.0 Å². The normalized spacial score (nSPS) is 20.6. The third kappa shape index (κ3) is 3.97. The Morgan fingerprint density at radius 3 is 2.36 bits per heavy atom. The number of nitrogens with zero attached hydrogens (tertiary/aromatic N) is 2. The minimum atomic E-state index is -3.69. The fourth-order valence-corrected chi connectivity index (χ4v) is 5.43. The van der Waals surface area contributed by atoms with Gasteiger partial charge in [-0.05, 0) is 17.2 Å². The van der Waals surface area contributed by atoms with Crippen molar-refractivity contribution in [2.75, 3.05) is 39.4 Å². The molecule has 7 heteroatoms. The fourth-order valence-electron chi connectivity index (χ4n) is 3.88. The van der Waals surface area contributed by atoms with Crippen molar-refractivity contribution in [3.8, 4) is 0 Å². The first-order valence-corrected chi connectivity index (χ1v) is 11.1. The van der Waals surface area contributed by atoms with Crippen LogP contribution in [-0.2, 0) is 20.5 Å². The summed E-state index contributed by atoms with van der Waals surface area (Å²) in [5.41, 5.74) is 2.10.